The second-order valence-corrected chi connectivity index (χ2v) is 5.28. The minimum absolute atomic E-state index is 0.00965. The van der Waals surface area contributed by atoms with Crippen molar-refractivity contribution < 1.29 is 9.59 Å². The van der Waals surface area contributed by atoms with E-state index in [1.54, 1.807) is 11.8 Å². The van der Waals surface area contributed by atoms with Gasteiger partial charge in [0, 0.05) is 31.6 Å². The van der Waals surface area contributed by atoms with Gasteiger partial charge in [-0.15, -0.1) is 0 Å². The molecule has 1 aromatic rings. The number of aryl methyl sites for hydroxylation is 1. The van der Waals surface area contributed by atoms with Crippen molar-refractivity contribution in [1.82, 2.24) is 5.32 Å². The lowest BCUT2D eigenvalue weighted by Gasteiger charge is -2.24. The first-order chi connectivity index (χ1) is 9.99. The van der Waals surface area contributed by atoms with Gasteiger partial charge in [-0.05, 0) is 31.4 Å². The van der Waals surface area contributed by atoms with Gasteiger partial charge >= 0.3 is 0 Å². The highest BCUT2D eigenvalue weighted by Gasteiger charge is 2.16. The second kappa shape index (κ2) is 8.45. The average Bonchev–Trinajstić information content (AvgIpc) is 2.47. The van der Waals surface area contributed by atoms with E-state index in [2.05, 4.69) is 12.2 Å². The number of anilines is 1. The van der Waals surface area contributed by atoms with Crippen LogP contribution >= 0.6 is 0 Å². The lowest BCUT2D eigenvalue weighted by molar-refractivity contribution is -0.121. The summed E-state index contributed by atoms with van der Waals surface area (Å²) in [6.45, 7) is 8.03. The summed E-state index contributed by atoms with van der Waals surface area (Å²) in [5, 5.41) is 2.93. The van der Waals surface area contributed by atoms with E-state index in [0.29, 0.717) is 13.0 Å². The molecule has 1 N–H and O–H groups in total. The number of nitrogens with one attached hydrogen (secondary N) is 1. The highest BCUT2D eigenvalue weighted by atomic mass is 16.2. The SMILES string of the molecule is CCc1ccccc1N(CCC(=O)NC(C)CC)C(C)=O. The van der Waals surface area contributed by atoms with Crippen LogP contribution in [0.15, 0.2) is 24.3 Å². The summed E-state index contributed by atoms with van der Waals surface area (Å²) < 4.78 is 0. The predicted octanol–water partition coefficient (Wildman–Crippen LogP) is 2.91. The van der Waals surface area contributed by atoms with Gasteiger partial charge in [0.15, 0.2) is 0 Å². The predicted molar refractivity (Wildman–Crippen MR) is 86.4 cm³/mol. The lowest BCUT2D eigenvalue weighted by Crippen LogP contribution is -2.37. The zero-order chi connectivity index (χ0) is 15.8. The third kappa shape index (κ3) is 5.21. The lowest BCUT2D eigenvalue weighted by atomic mass is 10.1. The molecular formula is C17H26N2O2. The van der Waals surface area contributed by atoms with E-state index in [9.17, 15) is 9.59 Å². The molecular weight excluding hydrogens is 264 g/mol. The van der Waals surface area contributed by atoms with Crippen LogP contribution in [0, 0.1) is 0 Å². The van der Waals surface area contributed by atoms with E-state index in [4.69, 9.17) is 0 Å². The number of rotatable bonds is 7. The number of carbonyl (C=O) groups is 2. The molecule has 0 aromatic heterocycles. The van der Waals surface area contributed by atoms with Crippen LogP contribution in [0.1, 0.15) is 46.1 Å². The number of hydrogen-bond donors (Lipinski definition) is 1. The summed E-state index contributed by atoms with van der Waals surface area (Å²) in [6, 6.07) is 8.02. The molecule has 0 saturated heterocycles. The Balaban J connectivity index is 2.75. The van der Waals surface area contributed by atoms with Gasteiger partial charge in [-0.25, -0.2) is 0 Å². The fourth-order valence-corrected chi connectivity index (χ4v) is 2.18. The Morgan fingerprint density at radius 3 is 2.48 bits per heavy atom. The summed E-state index contributed by atoms with van der Waals surface area (Å²) in [6.07, 6.45) is 2.09. The summed E-state index contributed by atoms with van der Waals surface area (Å²) in [5.41, 5.74) is 2.03. The molecule has 4 heteroatoms. The molecule has 0 heterocycles. The fraction of sp³-hybridized carbons (Fsp3) is 0.529. The molecule has 1 atom stereocenters. The van der Waals surface area contributed by atoms with E-state index >= 15 is 0 Å². The Bertz CT molecular complexity index is 485. The van der Waals surface area contributed by atoms with Crippen molar-refractivity contribution in [1.29, 1.82) is 0 Å². The smallest absolute Gasteiger partial charge is 0.223 e. The first kappa shape index (κ1) is 17.2. The highest BCUT2D eigenvalue weighted by Crippen LogP contribution is 2.21. The molecule has 0 aliphatic carbocycles. The molecule has 0 aliphatic heterocycles. The van der Waals surface area contributed by atoms with Gasteiger partial charge in [0.25, 0.3) is 0 Å². The van der Waals surface area contributed by atoms with Gasteiger partial charge in [0.05, 0.1) is 0 Å². The van der Waals surface area contributed by atoms with Gasteiger partial charge in [-0.1, -0.05) is 32.0 Å². The molecule has 0 saturated carbocycles. The van der Waals surface area contributed by atoms with E-state index in [0.717, 1.165) is 24.1 Å². The first-order valence-electron chi connectivity index (χ1n) is 7.64. The highest BCUT2D eigenvalue weighted by molar-refractivity contribution is 5.93. The number of para-hydroxylation sites is 1. The summed E-state index contributed by atoms with van der Waals surface area (Å²) in [7, 11) is 0. The van der Waals surface area contributed by atoms with Crippen molar-refractivity contribution in [3.05, 3.63) is 29.8 Å². The van der Waals surface area contributed by atoms with Crippen molar-refractivity contribution in [2.45, 2.75) is 53.0 Å². The number of benzene rings is 1. The maximum absolute atomic E-state index is 11.9. The summed E-state index contributed by atoms with van der Waals surface area (Å²) in [5.74, 6) is -0.0446. The molecule has 0 spiro atoms. The maximum Gasteiger partial charge on any atom is 0.223 e. The van der Waals surface area contributed by atoms with Crippen molar-refractivity contribution in [3.8, 4) is 0 Å². The van der Waals surface area contributed by atoms with Gasteiger partial charge in [0.2, 0.25) is 11.8 Å². The van der Waals surface area contributed by atoms with Crippen molar-refractivity contribution in [3.63, 3.8) is 0 Å². The van der Waals surface area contributed by atoms with Gasteiger partial charge in [0.1, 0.15) is 0 Å². The number of carbonyl (C=O) groups excluding carboxylic acids is 2. The summed E-state index contributed by atoms with van der Waals surface area (Å²) in [4.78, 5) is 25.5. The Kier molecular flexibility index (Phi) is 6.92. The van der Waals surface area contributed by atoms with Crippen LogP contribution in [-0.2, 0) is 16.0 Å². The van der Waals surface area contributed by atoms with E-state index < -0.39 is 0 Å². The molecule has 0 radical (unpaired) electrons. The molecule has 4 nitrogen and oxygen atoms in total. The minimum atomic E-state index is -0.0350. The van der Waals surface area contributed by atoms with Crippen LogP contribution in [0.25, 0.3) is 0 Å². The molecule has 21 heavy (non-hydrogen) atoms. The Labute approximate surface area is 127 Å². The quantitative estimate of drug-likeness (QED) is 0.839. The number of hydrogen-bond acceptors (Lipinski definition) is 2. The molecule has 116 valence electrons. The third-order valence-corrected chi connectivity index (χ3v) is 3.63. The van der Waals surface area contributed by atoms with Gasteiger partial charge in [-0.2, -0.15) is 0 Å². The zero-order valence-electron chi connectivity index (χ0n) is 13.5. The monoisotopic (exact) mass is 290 g/mol. The Morgan fingerprint density at radius 2 is 1.90 bits per heavy atom. The minimum Gasteiger partial charge on any atom is -0.354 e. The Hall–Kier alpha value is -1.84. The molecule has 1 aromatic carbocycles. The van der Waals surface area contributed by atoms with E-state index in [1.165, 1.54) is 0 Å². The van der Waals surface area contributed by atoms with Gasteiger partial charge in [-0.3, -0.25) is 9.59 Å². The van der Waals surface area contributed by atoms with Crippen molar-refractivity contribution in [2.24, 2.45) is 0 Å². The van der Waals surface area contributed by atoms with Crippen LogP contribution < -0.4 is 10.2 Å². The van der Waals surface area contributed by atoms with Crippen LogP contribution in [0.3, 0.4) is 0 Å². The van der Waals surface area contributed by atoms with Crippen LogP contribution in [0.4, 0.5) is 5.69 Å². The summed E-state index contributed by atoms with van der Waals surface area (Å²) >= 11 is 0. The topological polar surface area (TPSA) is 49.4 Å². The van der Waals surface area contributed by atoms with Crippen LogP contribution in [0.2, 0.25) is 0 Å². The Morgan fingerprint density at radius 1 is 1.24 bits per heavy atom. The number of nitrogens with zero attached hydrogens (tertiary/aromatic N) is 1. The molecule has 1 unspecified atom stereocenters. The average molecular weight is 290 g/mol. The normalized spacial score (nSPS) is 11.8. The largest absolute Gasteiger partial charge is 0.354 e. The van der Waals surface area contributed by atoms with Crippen LogP contribution in [0.5, 0.6) is 0 Å². The third-order valence-electron chi connectivity index (χ3n) is 3.63. The van der Waals surface area contributed by atoms with Gasteiger partial charge < -0.3 is 10.2 Å². The van der Waals surface area contributed by atoms with E-state index in [1.807, 2.05) is 38.1 Å². The molecule has 1 rings (SSSR count). The first-order valence-corrected chi connectivity index (χ1v) is 7.64. The van der Waals surface area contributed by atoms with Crippen molar-refractivity contribution >= 4 is 17.5 Å². The molecule has 0 bridgehead atoms. The zero-order valence-corrected chi connectivity index (χ0v) is 13.5. The van der Waals surface area contributed by atoms with Crippen molar-refractivity contribution in [2.75, 3.05) is 11.4 Å². The number of amides is 2. The second-order valence-electron chi connectivity index (χ2n) is 5.28. The maximum atomic E-state index is 11.9. The molecule has 0 aliphatic rings. The standard InChI is InChI=1S/C17H26N2O2/c1-5-13(3)18-17(21)11-12-19(14(4)20)16-10-8-7-9-15(16)6-2/h7-10,13H,5-6,11-12H2,1-4H3,(H,18,21). The van der Waals surface area contributed by atoms with Crippen LogP contribution in [-0.4, -0.2) is 24.4 Å². The molecule has 0 fully saturated rings. The molecule has 2 amide bonds. The fourth-order valence-electron chi connectivity index (χ4n) is 2.18. The van der Waals surface area contributed by atoms with E-state index in [-0.39, 0.29) is 17.9 Å².